The summed E-state index contributed by atoms with van der Waals surface area (Å²) in [6.07, 6.45) is 0. The van der Waals surface area contributed by atoms with Crippen LogP contribution < -0.4 is 5.73 Å². The molecule has 138 valence electrons. The smallest absolute Gasteiger partial charge is 0.340 e. The Kier molecular flexibility index (Phi) is 4.28. The van der Waals surface area contributed by atoms with E-state index in [1.807, 2.05) is 31.2 Å². The van der Waals surface area contributed by atoms with Crippen molar-refractivity contribution < 1.29 is 19.1 Å². The largest absolute Gasteiger partial charge is 0.457 e. The van der Waals surface area contributed by atoms with E-state index in [2.05, 4.69) is 0 Å². The van der Waals surface area contributed by atoms with Gasteiger partial charge in [0.05, 0.1) is 16.8 Å². The Morgan fingerprint density at radius 3 is 2.18 bits per heavy atom. The van der Waals surface area contributed by atoms with Gasteiger partial charge < -0.3 is 10.5 Å². The second-order valence-electron chi connectivity index (χ2n) is 6.71. The summed E-state index contributed by atoms with van der Waals surface area (Å²) >= 11 is 0. The van der Waals surface area contributed by atoms with Crippen molar-refractivity contribution in [2.75, 3.05) is 5.73 Å². The molecule has 0 amide bonds. The van der Waals surface area contributed by atoms with Crippen LogP contribution >= 0.6 is 0 Å². The van der Waals surface area contributed by atoms with E-state index in [9.17, 15) is 14.4 Å². The molecule has 0 spiro atoms. The summed E-state index contributed by atoms with van der Waals surface area (Å²) in [7, 11) is 0. The van der Waals surface area contributed by atoms with E-state index in [4.69, 9.17) is 10.5 Å². The first-order valence-electron chi connectivity index (χ1n) is 8.81. The quantitative estimate of drug-likeness (QED) is 0.438. The van der Waals surface area contributed by atoms with Gasteiger partial charge in [-0.15, -0.1) is 0 Å². The number of rotatable bonds is 3. The normalized spacial score (nSPS) is 12.3. The lowest BCUT2D eigenvalue weighted by Crippen LogP contribution is -2.24. The number of hydrogen-bond donors (Lipinski definition) is 1. The Morgan fingerprint density at radius 2 is 1.50 bits per heavy atom. The first-order chi connectivity index (χ1) is 13.5. The number of nitrogen functional groups attached to an aromatic ring is 1. The molecule has 0 atom stereocenters. The Balaban J connectivity index is 1.65. The third-order valence-electron chi connectivity index (χ3n) is 4.84. The molecule has 0 saturated heterocycles. The number of ether oxygens (including phenoxy) is 1. The molecule has 3 aromatic carbocycles. The fourth-order valence-electron chi connectivity index (χ4n) is 3.30. The molecule has 0 unspecified atom stereocenters. The Bertz CT molecular complexity index is 1130. The lowest BCUT2D eigenvalue weighted by molar-refractivity contribution is 0.0473. The third kappa shape index (κ3) is 2.87. The first kappa shape index (κ1) is 17.7. The molecule has 0 radical (unpaired) electrons. The van der Waals surface area contributed by atoms with E-state index in [1.54, 1.807) is 24.3 Å². The molecule has 4 rings (SSSR count). The van der Waals surface area contributed by atoms with E-state index in [1.165, 1.54) is 12.1 Å². The molecule has 0 aliphatic heterocycles. The van der Waals surface area contributed by atoms with E-state index in [-0.39, 0.29) is 46.1 Å². The van der Waals surface area contributed by atoms with Crippen molar-refractivity contribution in [2.24, 2.45) is 0 Å². The maximum absolute atomic E-state index is 12.9. The summed E-state index contributed by atoms with van der Waals surface area (Å²) in [6, 6.07) is 17.1. The van der Waals surface area contributed by atoms with E-state index < -0.39 is 5.97 Å². The van der Waals surface area contributed by atoms with E-state index >= 15 is 0 Å². The molecular formula is C23H17NO4. The summed E-state index contributed by atoms with van der Waals surface area (Å²) in [5.41, 5.74) is 9.03. The van der Waals surface area contributed by atoms with Gasteiger partial charge in [0, 0.05) is 16.7 Å². The highest BCUT2D eigenvalue weighted by Crippen LogP contribution is 2.33. The number of nitrogens with two attached hydrogens (primary N) is 1. The minimum atomic E-state index is -0.639. The van der Waals surface area contributed by atoms with Crippen molar-refractivity contribution in [2.45, 2.75) is 13.5 Å². The molecule has 28 heavy (non-hydrogen) atoms. The standard InChI is InChI=1S/C23H17NO4/c1-13-6-8-14(9-7-13)12-28-23(27)18-11-10-17-19(20(18)24)22(26)16-5-3-2-4-15(16)21(17)25/h2-11H,12,24H2,1H3. The molecule has 5 nitrogen and oxygen atoms in total. The lowest BCUT2D eigenvalue weighted by atomic mass is 9.82. The van der Waals surface area contributed by atoms with Crippen molar-refractivity contribution in [3.63, 3.8) is 0 Å². The zero-order chi connectivity index (χ0) is 19.8. The number of carbonyl (C=O) groups is 3. The van der Waals surface area contributed by atoms with Crippen LogP contribution in [0.5, 0.6) is 0 Å². The maximum atomic E-state index is 12.9. The minimum Gasteiger partial charge on any atom is -0.457 e. The fraction of sp³-hybridized carbons (Fsp3) is 0.0870. The van der Waals surface area contributed by atoms with Crippen molar-refractivity contribution in [3.8, 4) is 0 Å². The van der Waals surface area contributed by atoms with Gasteiger partial charge in [-0.1, -0.05) is 54.1 Å². The van der Waals surface area contributed by atoms with Crippen molar-refractivity contribution in [1.82, 2.24) is 0 Å². The van der Waals surface area contributed by atoms with Gasteiger partial charge in [0.1, 0.15) is 6.61 Å². The summed E-state index contributed by atoms with van der Waals surface area (Å²) in [4.78, 5) is 38.1. The SMILES string of the molecule is Cc1ccc(COC(=O)c2ccc3c(c2N)C(=O)c2ccccc2C3=O)cc1. The van der Waals surface area contributed by atoms with Gasteiger partial charge in [0.25, 0.3) is 0 Å². The Morgan fingerprint density at radius 1 is 0.857 bits per heavy atom. The molecule has 0 saturated carbocycles. The highest BCUT2D eigenvalue weighted by Gasteiger charge is 2.33. The number of ketones is 2. The average Bonchev–Trinajstić information content (AvgIpc) is 2.71. The van der Waals surface area contributed by atoms with Crippen LogP contribution in [0.2, 0.25) is 0 Å². The topological polar surface area (TPSA) is 86.5 Å². The monoisotopic (exact) mass is 371 g/mol. The summed E-state index contributed by atoms with van der Waals surface area (Å²) in [5, 5.41) is 0. The molecule has 0 bridgehead atoms. The Hall–Kier alpha value is -3.73. The maximum Gasteiger partial charge on any atom is 0.340 e. The summed E-state index contributed by atoms with van der Waals surface area (Å²) in [5.74, 6) is -1.28. The fourth-order valence-corrected chi connectivity index (χ4v) is 3.30. The number of esters is 1. The number of carbonyl (C=O) groups excluding carboxylic acids is 3. The highest BCUT2D eigenvalue weighted by molar-refractivity contribution is 6.30. The van der Waals surface area contributed by atoms with Gasteiger partial charge >= 0.3 is 5.97 Å². The predicted molar refractivity (Wildman–Crippen MR) is 104 cm³/mol. The van der Waals surface area contributed by atoms with Gasteiger partial charge in [-0.3, -0.25) is 9.59 Å². The number of aryl methyl sites for hydroxylation is 1. The van der Waals surface area contributed by atoms with Gasteiger partial charge in [-0.2, -0.15) is 0 Å². The van der Waals surface area contributed by atoms with Crippen LogP contribution in [0.15, 0.2) is 60.7 Å². The summed E-state index contributed by atoms with van der Waals surface area (Å²) in [6.45, 7) is 2.06. The molecule has 0 aromatic heterocycles. The van der Waals surface area contributed by atoms with Crippen LogP contribution in [-0.4, -0.2) is 17.5 Å². The van der Waals surface area contributed by atoms with Gasteiger partial charge in [0.15, 0.2) is 11.6 Å². The van der Waals surface area contributed by atoms with E-state index in [0.717, 1.165) is 11.1 Å². The molecule has 1 aliphatic rings. The van der Waals surface area contributed by atoms with Crippen molar-refractivity contribution >= 4 is 23.2 Å². The minimum absolute atomic E-state index is 0.0285. The molecule has 0 fully saturated rings. The van der Waals surface area contributed by atoms with Crippen LogP contribution in [0.4, 0.5) is 5.69 Å². The van der Waals surface area contributed by atoms with Gasteiger partial charge in [-0.05, 0) is 24.6 Å². The number of anilines is 1. The first-order valence-corrected chi connectivity index (χ1v) is 8.81. The van der Waals surface area contributed by atoms with Crippen LogP contribution in [0.1, 0.15) is 53.3 Å². The van der Waals surface area contributed by atoms with Crippen LogP contribution in [0.3, 0.4) is 0 Å². The van der Waals surface area contributed by atoms with Crippen LogP contribution in [0, 0.1) is 6.92 Å². The Labute approximate surface area is 161 Å². The molecule has 2 N–H and O–H groups in total. The number of fused-ring (bicyclic) bond motifs is 2. The molecular weight excluding hydrogens is 354 g/mol. The van der Waals surface area contributed by atoms with Gasteiger partial charge in [0.2, 0.25) is 0 Å². The molecule has 5 heteroatoms. The summed E-state index contributed by atoms with van der Waals surface area (Å²) < 4.78 is 5.34. The molecule has 0 heterocycles. The van der Waals surface area contributed by atoms with Gasteiger partial charge in [-0.25, -0.2) is 4.79 Å². The highest BCUT2D eigenvalue weighted by atomic mass is 16.5. The van der Waals surface area contributed by atoms with Crippen LogP contribution in [0.25, 0.3) is 0 Å². The molecule has 1 aliphatic carbocycles. The lowest BCUT2D eigenvalue weighted by Gasteiger charge is -2.20. The average molecular weight is 371 g/mol. The third-order valence-corrected chi connectivity index (χ3v) is 4.84. The zero-order valence-corrected chi connectivity index (χ0v) is 15.2. The number of hydrogen-bond acceptors (Lipinski definition) is 5. The predicted octanol–water partition coefficient (Wildman–Crippen LogP) is 3.71. The second-order valence-corrected chi connectivity index (χ2v) is 6.71. The second kappa shape index (κ2) is 6.78. The van der Waals surface area contributed by atoms with Crippen molar-refractivity contribution in [1.29, 1.82) is 0 Å². The molecule has 3 aromatic rings. The number of benzene rings is 3. The van der Waals surface area contributed by atoms with Crippen LogP contribution in [-0.2, 0) is 11.3 Å². The zero-order valence-electron chi connectivity index (χ0n) is 15.2. The van der Waals surface area contributed by atoms with Crippen molar-refractivity contribution in [3.05, 3.63) is 99.6 Å². The van der Waals surface area contributed by atoms with E-state index in [0.29, 0.717) is 5.56 Å².